The Hall–Kier alpha value is -1.66. The lowest BCUT2D eigenvalue weighted by atomic mass is 10.1. The van der Waals surface area contributed by atoms with Crippen molar-refractivity contribution in [2.24, 2.45) is 0 Å². The van der Waals surface area contributed by atoms with Gasteiger partial charge < -0.3 is 4.74 Å². The minimum Gasteiger partial charge on any atom is -0.377 e. The highest BCUT2D eigenvalue weighted by atomic mass is 32.2. The van der Waals surface area contributed by atoms with E-state index in [-0.39, 0.29) is 0 Å². The molecule has 5 nitrogen and oxygen atoms in total. The number of nitrogens with zero attached hydrogens (tertiary/aromatic N) is 4. The zero-order chi connectivity index (χ0) is 14.9. The van der Waals surface area contributed by atoms with Gasteiger partial charge in [0.2, 0.25) is 0 Å². The average molecular weight is 314 g/mol. The highest BCUT2D eigenvalue weighted by molar-refractivity contribution is 7.99. The molecule has 3 aromatic rings. The smallest absolute Gasteiger partial charge is 0.191 e. The number of rotatable bonds is 3. The van der Waals surface area contributed by atoms with Crippen LogP contribution in [0.5, 0.6) is 0 Å². The van der Waals surface area contributed by atoms with E-state index in [2.05, 4.69) is 10.1 Å². The first kappa shape index (κ1) is 14.0. The van der Waals surface area contributed by atoms with Crippen molar-refractivity contribution >= 4 is 28.3 Å². The number of aromatic nitrogens is 4. The summed E-state index contributed by atoms with van der Waals surface area (Å²) in [6.45, 7) is 2.80. The molecule has 114 valence electrons. The molecular weight excluding hydrogens is 296 g/mol. The first-order chi connectivity index (χ1) is 10.8. The minimum atomic E-state index is 0.326. The molecule has 0 aliphatic carbocycles. The topological polar surface area (TPSA) is 52.3 Å². The number of thioether (sulfide) groups is 1. The van der Waals surface area contributed by atoms with Crippen LogP contribution in [-0.4, -0.2) is 38.0 Å². The quantitative estimate of drug-likeness (QED) is 0.549. The van der Waals surface area contributed by atoms with Crippen molar-refractivity contribution in [1.82, 2.24) is 19.6 Å². The molecule has 1 saturated heterocycles. The van der Waals surface area contributed by atoms with Crippen LogP contribution < -0.4 is 0 Å². The second-order valence-corrected chi connectivity index (χ2v) is 6.59. The summed E-state index contributed by atoms with van der Waals surface area (Å²) in [6.07, 6.45) is 3.91. The van der Waals surface area contributed by atoms with Crippen molar-refractivity contribution in [1.29, 1.82) is 0 Å². The van der Waals surface area contributed by atoms with Gasteiger partial charge in [0.25, 0.3) is 0 Å². The largest absolute Gasteiger partial charge is 0.377 e. The molecule has 0 N–H and O–H groups in total. The molecule has 3 heterocycles. The third-order valence-electron chi connectivity index (χ3n) is 3.93. The van der Waals surface area contributed by atoms with Crippen LogP contribution in [0.3, 0.4) is 0 Å². The van der Waals surface area contributed by atoms with Gasteiger partial charge in [-0.25, -0.2) is 9.97 Å². The van der Waals surface area contributed by atoms with Gasteiger partial charge in [-0.15, -0.1) is 5.10 Å². The molecule has 22 heavy (non-hydrogen) atoms. The van der Waals surface area contributed by atoms with Crippen molar-refractivity contribution in [3.8, 4) is 0 Å². The zero-order valence-corrected chi connectivity index (χ0v) is 13.3. The standard InChI is InChI=1S/C16H18N4OS/c1-11-17-15-13-7-2-3-8-14(13)18-16(20(15)19-11)22-10-12-6-4-5-9-21-12/h2-3,7-8,12H,4-6,9-10H2,1H3. The molecule has 1 atom stereocenters. The maximum Gasteiger partial charge on any atom is 0.191 e. The molecule has 0 spiro atoms. The molecular formula is C16H18N4OS. The number of hydrogen-bond acceptors (Lipinski definition) is 5. The van der Waals surface area contributed by atoms with E-state index in [9.17, 15) is 0 Å². The van der Waals surface area contributed by atoms with Crippen LogP contribution in [0.15, 0.2) is 29.4 Å². The zero-order valence-electron chi connectivity index (χ0n) is 12.5. The summed E-state index contributed by atoms with van der Waals surface area (Å²) in [7, 11) is 0. The molecule has 1 fully saturated rings. The second kappa shape index (κ2) is 5.85. The normalized spacial score (nSPS) is 19.0. The van der Waals surface area contributed by atoms with Gasteiger partial charge in [-0.2, -0.15) is 4.52 Å². The highest BCUT2D eigenvalue weighted by Gasteiger charge is 2.17. The van der Waals surface area contributed by atoms with Crippen molar-refractivity contribution in [2.45, 2.75) is 37.4 Å². The van der Waals surface area contributed by atoms with Crippen LogP contribution in [0.25, 0.3) is 16.6 Å². The highest BCUT2D eigenvalue weighted by Crippen LogP contribution is 2.26. The van der Waals surface area contributed by atoms with Gasteiger partial charge in [-0.3, -0.25) is 0 Å². The average Bonchev–Trinajstić information content (AvgIpc) is 2.95. The van der Waals surface area contributed by atoms with Crippen molar-refractivity contribution in [2.75, 3.05) is 12.4 Å². The van der Waals surface area contributed by atoms with E-state index in [1.807, 2.05) is 35.7 Å². The van der Waals surface area contributed by atoms with Crippen LogP contribution in [-0.2, 0) is 4.74 Å². The van der Waals surface area contributed by atoms with E-state index >= 15 is 0 Å². The number of ether oxygens (including phenoxy) is 1. The van der Waals surface area contributed by atoms with Crippen LogP contribution in [0.2, 0.25) is 0 Å². The lowest BCUT2D eigenvalue weighted by Crippen LogP contribution is -2.21. The molecule has 6 heteroatoms. The van der Waals surface area contributed by atoms with Gasteiger partial charge in [0.1, 0.15) is 5.82 Å². The maximum atomic E-state index is 5.81. The molecule has 0 radical (unpaired) electrons. The number of para-hydroxylation sites is 1. The van der Waals surface area contributed by atoms with Gasteiger partial charge in [0, 0.05) is 17.7 Å². The fourth-order valence-corrected chi connectivity index (χ4v) is 3.84. The van der Waals surface area contributed by atoms with Gasteiger partial charge in [0.05, 0.1) is 11.6 Å². The Balaban J connectivity index is 1.71. The Morgan fingerprint density at radius 3 is 3.05 bits per heavy atom. The van der Waals surface area contributed by atoms with E-state index in [1.165, 1.54) is 12.8 Å². The molecule has 1 aliphatic rings. The molecule has 0 saturated carbocycles. The summed E-state index contributed by atoms with van der Waals surface area (Å²) >= 11 is 1.71. The first-order valence-corrected chi connectivity index (χ1v) is 8.66. The molecule has 0 bridgehead atoms. The van der Waals surface area contributed by atoms with Crippen LogP contribution >= 0.6 is 11.8 Å². The predicted octanol–water partition coefficient (Wildman–Crippen LogP) is 3.25. The van der Waals surface area contributed by atoms with Crippen molar-refractivity contribution in [3.05, 3.63) is 30.1 Å². The summed E-state index contributed by atoms with van der Waals surface area (Å²) in [5, 5.41) is 6.44. The van der Waals surface area contributed by atoms with Crippen molar-refractivity contribution in [3.63, 3.8) is 0 Å². The van der Waals surface area contributed by atoms with E-state index in [4.69, 9.17) is 9.72 Å². The number of hydrogen-bond donors (Lipinski definition) is 0. The molecule has 1 aliphatic heterocycles. The predicted molar refractivity (Wildman–Crippen MR) is 87.3 cm³/mol. The molecule has 1 unspecified atom stereocenters. The maximum absolute atomic E-state index is 5.81. The van der Waals surface area contributed by atoms with Crippen molar-refractivity contribution < 1.29 is 4.74 Å². The Morgan fingerprint density at radius 1 is 1.27 bits per heavy atom. The van der Waals surface area contributed by atoms with E-state index < -0.39 is 0 Å². The Labute approximate surface area is 133 Å². The fourth-order valence-electron chi connectivity index (χ4n) is 2.83. The molecule has 4 rings (SSSR count). The van der Waals surface area contributed by atoms with Crippen LogP contribution in [0.1, 0.15) is 25.1 Å². The summed E-state index contributed by atoms with van der Waals surface area (Å²) < 4.78 is 7.68. The Bertz CT molecular complexity index is 810. The fraction of sp³-hybridized carbons (Fsp3) is 0.438. The van der Waals surface area contributed by atoms with Crippen LogP contribution in [0, 0.1) is 6.92 Å². The Morgan fingerprint density at radius 2 is 2.18 bits per heavy atom. The number of fused-ring (bicyclic) bond motifs is 3. The molecule has 0 amide bonds. The van der Waals surface area contributed by atoms with Gasteiger partial charge in [0.15, 0.2) is 10.8 Å². The first-order valence-electron chi connectivity index (χ1n) is 7.68. The third-order valence-corrected chi connectivity index (χ3v) is 4.99. The Kier molecular flexibility index (Phi) is 3.72. The SMILES string of the molecule is Cc1nc2c3ccccc3nc(SCC3CCCCO3)n2n1. The van der Waals surface area contributed by atoms with E-state index in [0.29, 0.717) is 6.10 Å². The van der Waals surface area contributed by atoms with Gasteiger partial charge in [-0.1, -0.05) is 23.9 Å². The van der Waals surface area contributed by atoms with E-state index in [1.54, 1.807) is 11.8 Å². The van der Waals surface area contributed by atoms with Gasteiger partial charge in [-0.05, 0) is 38.3 Å². The summed E-state index contributed by atoms with van der Waals surface area (Å²) in [5.41, 5.74) is 1.85. The number of aryl methyl sites for hydroxylation is 1. The monoisotopic (exact) mass is 314 g/mol. The number of benzene rings is 1. The van der Waals surface area contributed by atoms with E-state index in [0.717, 1.165) is 46.3 Å². The molecule has 1 aromatic carbocycles. The minimum absolute atomic E-state index is 0.326. The summed E-state index contributed by atoms with van der Waals surface area (Å²) in [5.74, 6) is 1.69. The van der Waals surface area contributed by atoms with Crippen LogP contribution in [0.4, 0.5) is 0 Å². The third kappa shape index (κ3) is 2.57. The van der Waals surface area contributed by atoms with Gasteiger partial charge >= 0.3 is 0 Å². The summed E-state index contributed by atoms with van der Waals surface area (Å²) in [4.78, 5) is 9.33. The summed E-state index contributed by atoms with van der Waals surface area (Å²) in [6, 6.07) is 8.09. The lowest BCUT2D eigenvalue weighted by Gasteiger charge is -2.21. The lowest BCUT2D eigenvalue weighted by molar-refractivity contribution is 0.0315. The second-order valence-electron chi connectivity index (χ2n) is 5.61. The molecule has 2 aromatic heterocycles.